The largest absolute Gasteiger partial charge is 0.463 e. The average molecular weight is 379 g/mol. The van der Waals surface area contributed by atoms with Gasteiger partial charge in [0.05, 0.1) is 0 Å². The number of benzene rings is 1. The zero-order valence-corrected chi connectivity index (χ0v) is 11.1. The van der Waals surface area contributed by atoms with Crippen LogP contribution in [0.4, 0.5) is 27.6 Å². The van der Waals surface area contributed by atoms with E-state index in [1.165, 1.54) is 19.1 Å². The molecule has 0 saturated carbocycles. The lowest BCUT2D eigenvalue weighted by molar-refractivity contribution is -0.267. The van der Waals surface area contributed by atoms with Crippen LogP contribution in [0.15, 0.2) is 18.2 Å². The summed E-state index contributed by atoms with van der Waals surface area (Å²) in [7, 11) is 0. The van der Waals surface area contributed by atoms with Crippen molar-refractivity contribution in [2.45, 2.75) is 19.0 Å². The van der Waals surface area contributed by atoms with Crippen LogP contribution in [0.1, 0.15) is 5.56 Å². The van der Waals surface area contributed by atoms with Crippen molar-refractivity contribution < 1.29 is 26.7 Å². The third-order valence-electron chi connectivity index (χ3n) is 2.08. The quantitative estimate of drug-likeness (QED) is 0.616. The van der Waals surface area contributed by atoms with Crippen molar-refractivity contribution >= 4 is 34.2 Å². The summed E-state index contributed by atoms with van der Waals surface area (Å²) in [6.07, 6.45) is -5.91. The fraction of sp³-hybridized carbons (Fsp3) is 0.300. The molecule has 0 radical (unpaired) electrons. The van der Waals surface area contributed by atoms with Crippen LogP contribution >= 0.6 is 22.6 Å². The molecule has 0 aliphatic carbocycles. The highest BCUT2D eigenvalue weighted by molar-refractivity contribution is 14.1. The molecule has 1 rings (SSSR count). The van der Waals surface area contributed by atoms with E-state index >= 15 is 0 Å². The van der Waals surface area contributed by atoms with E-state index in [-0.39, 0.29) is 5.69 Å². The van der Waals surface area contributed by atoms with E-state index in [1.807, 2.05) is 22.6 Å². The molecule has 1 aromatic rings. The molecule has 8 heteroatoms. The summed E-state index contributed by atoms with van der Waals surface area (Å²) in [5, 5.41) is 1.57. The monoisotopic (exact) mass is 379 g/mol. The Balaban J connectivity index is 2.95. The molecule has 0 aliphatic heterocycles. The van der Waals surface area contributed by atoms with E-state index in [0.29, 0.717) is 5.56 Å². The standard InChI is InChI=1S/C10H7F5INO/c1-5-4-6(16)2-3-7(5)17-8(18)9(11,12)10(13,14)15/h2-4H,1H3,(H,17,18). The number of hydrogen-bond donors (Lipinski definition) is 1. The summed E-state index contributed by atoms with van der Waals surface area (Å²) < 4.78 is 62.0. The topological polar surface area (TPSA) is 29.1 Å². The van der Waals surface area contributed by atoms with E-state index in [9.17, 15) is 26.7 Å². The predicted octanol–water partition coefficient (Wildman–Crippen LogP) is 3.74. The van der Waals surface area contributed by atoms with Crippen LogP contribution in [0, 0.1) is 10.5 Å². The number of aryl methyl sites for hydroxylation is 1. The van der Waals surface area contributed by atoms with Crippen molar-refractivity contribution in [3.05, 3.63) is 27.3 Å². The van der Waals surface area contributed by atoms with Gasteiger partial charge in [-0.05, 0) is 53.3 Å². The Morgan fingerprint density at radius 3 is 2.22 bits per heavy atom. The molecule has 0 spiro atoms. The lowest BCUT2D eigenvalue weighted by Gasteiger charge is -2.19. The Hall–Kier alpha value is -0.930. The molecule has 0 bridgehead atoms. The number of alkyl halides is 5. The summed E-state index contributed by atoms with van der Waals surface area (Å²) in [6.45, 7) is 1.49. The van der Waals surface area contributed by atoms with E-state index in [4.69, 9.17) is 0 Å². The van der Waals surface area contributed by atoms with Gasteiger partial charge in [0.1, 0.15) is 0 Å². The Morgan fingerprint density at radius 1 is 1.22 bits per heavy atom. The molecular formula is C10H7F5INO. The summed E-state index contributed by atoms with van der Waals surface area (Å²) in [4.78, 5) is 10.9. The lowest BCUT2D eigenvalue weighted by atomic mass is 10.2. The van der Waals surface area contributed by atoms with E-state index in [0.717, 1.165) is 3.57 Å². The maximum atomic E-state index is 12.7. The molecule has 0 saturated heterocycles. The van der Waals surface area contributed by atoms with Gasteiger partial charge in [0.25, 0.3) is 0 Å². The molecule has 0 aliphatic rings. The van der Waals surface area contributed by atoms with Gasteiger partial charge in [-0.1, -0.05) is 0 Å². The van der Waals surface area contributed by atoms with Crippen LogP contribution in [0.5, 0.6) is 0 Å². The number of carbonyl (C=O) groups is 1. The number of anilines is 1. The molecule has 2 nitrogen and oxygen atoms in total. The van der Waals surface area contributed by atoms with Crippen molar-refractivity contribution in [3.63, 3.8) is 0 Å². The molecule has 1 amide bonds. The summed E-state index contributed by atoms with van der Waals surface area (Å²) >= 11 is 1.94. The van der Waals surface area contributed by atoms with Gasteiger partial charge in [-0.15, -0.1) is 0 Å². The van der Waals surface area contributed by atoms with Gasteiger partial charge in [-0.2, -0.15) is 22.0 Å². The third-order valence-corrected chi connectivity index (χ3v) is 2.75. The Kier molecular flexibility index (Phi) is 4.19. The second-order valence-corrected chi connectivity index (χ2v) is 4.73. The molecule has 0 aromatic heterocycles. The van der Waals surface area contributed by atoms with Crippen LogP contribution < -0.4 is 5.32 Å². The average Bonchev–Trinajstić information content (AvgIpc) is 2.20. The minimum absolute atomic E-state index is 0.0793. The van der Waals surface area contributed by atoms with E-state index in [1.54, 1.807) is 11.4 Å². The maximum Gasteiger partial charge on any atom is 0.463 e. The highest BCUT2D eigenvalue weighted by Gasteiger charge is 2.63. The normalized spacial score (nSPS) is 12.4. The van der Waals surface area contributed by atoms with E-state index < -0.39 is 18.0 Å². The lowest BCUT2D eigenvalue weighted by Crippen LogP contribution is -2.47. The van der Waals surface area contributed by atoms with Crippen LogP contribution in [-0.2, 0) is 4.79 Å². The number of amides is 1. The fourth-order valence-electron chi connectivity index (χ4n) is 1.10. The molecule has 100 valence electrons. The Bertz CT molecular complexity index is 472. The molecule has 0 fully saturated rings. The molecule has 0 heterocycles. The minimum atomic E-state index is -5.91. The van der Waals surface area contributed by atoms with Crippen molar-refractivity contribution in [2.24, 2.45) is 0 Å². The second kappa shape index (κ2) is 4.98. The van der Waals surface area contributed by atoms with Gasteiger partial charge < -0.3 is 5.32 Å². The van der Waals surface area contributed by atoms with Gasteiger partial charge in [-0.3, -0.25) is 4.79 Å². The molecule has 0 unspecified atom stereocenters. The molecule has 18 heavy (non-hydrogen) atoms. The first-order chi connectivity index (χ1) is 8.05. The molecular weight excluding hydrogens is 372 g/mol. The maximum absolute atomic E-state index is 12.7. The third kappa shape index (κ3) is 3.09. The Labute approximate surface area is 113 Å². The van der Waals surface area contributed by atoms with Crippen LogP contribution in [-0.4, -0.2) is 18.0 Å². The highest BCUT2D eigenvalue weighted by Crippen LogP contribution is 2.36. The molecule has 1 N–H and O–H groups in total. The first kappa shape index (κ1) is 15.1. The minimum Gasteiger partial charge on any atom is -0.320 e. The Morgan fingerprint density at radius 2 is 1.78 bits per heavy atom. The number of halogens is 6. The van der Waals surface area contributed by atoms with E-state index in [2.05, 4.69) is 0 Å². The van der Waals surface area contributed by atoms with Crippen LogP contribution in [0.3, 0.4) is 0 Å². The van der Waals surface area contributed by atoms with Crippen molar-refractivity contribution in [1.29, 1.82) is 0 Å². The van der Waals surface area contributed by atoms with Gasteiger partial charge in [0, 0.05) is 9.26 Å². The first-order valence-electron chi connectivity index (χ1n) is 4.58. The van der Waals surface area contributed by atoms with Crippen molar-refractivity contribution in [2.75, 3.05) is 5.32 Å². The van der Waals surface area contributed by atoms with Crippen molar-refractivity contribution in [3.8, 4) is 0 Å². The fourth-order valence-corrected chi connectivity index (χ4v) is 1.74. The predicted molar refractivity (Wildman–Crippen MR) is 63.5 cm³/mol. The number of carbonyl (C=O) groups excluding carboxylic acids is 1. The van der Waals surface area contributed by atoms with Crippen LogP contribution in [0.2, 0.25) is 0 Å². The van der Waals surface area contributed by atoms with Gasteiger partial charge >= 0.3 is 18.0 Å². The summed E-state index contributed by atoms with van der Waals surface area (Å²) in [5.41, 5.74) is 0.317. The number of nitrogens with one attached hydrogen (secondary N) is 1. The summed E-state index contributed by atoms with van der Waals surface area (Å²) in [6, 6.07) is 4.29. The number of hydrogen-bond acceptors (Lipinski definition) is 1. The molecule has 0 atom stereocenters. The smallest absolute Gasteiger partial charge is 0.320 e. The zero-order chi connectivity index (χ0) is 14.1. The first-order valence-corrected chi connectivity index (χ1v) is 5.65. The highest BCUT2D eigenvalue weighted by atomic mass is 127. The van der Waals surface area contributed by atoms with Crippen molar-refractivity contribution in [1.82, 2.24) is 0 Å². The second-order valence-electron chi connectivity index (χ2n) is 3.49. The van der Waals surface area contributed by atoms with Crippen LogP contribution in [0.25, 0.3) is 0 Å². The van der Waals surface area contributed by atoms with Gasteiger partial charge in [-0.25, -0.2) is 0 Å². The SMILES string of the molecule is Cc1cc(I)ccc1NC(=O)C(F)(F)C(F)(F)F. The molecule has 1 aromatic carbocycles. The van der Waals surface area contributed by atoms with Gasteiger partial charge in [0.15, 0.2) is 0 Å². The zero-order valence-electron chi connectivity index (χ0n) is 8.91. The number of rotatable bonds is 2. The van der Waals surface area contributed by atoms with Gasteiger partial charge in [0.2, 0.25) is 0 Å². The summed E-state index contributed by atoms with van der Waals surface area (Å²) in [5.74, 6) is -7.80.